The van der Waals surface area contributed by atoms with E-state index >= 15 is 4.39 Å². The second kappa shape index (κ2) is 9.63. The fourth-order valence-corrected chi connectivity index (χ4v) is 3.65. The molecule has 1 atom stereocenters. The SMILES string of the molecule is Cc1cnc(-c2cc(OC(C)(C)CO)cc(C(=O)NC(C)c3cnc(C(F)(F)F)nc3)c2F)s1. The van der Waals surface area contributed by atoms with E-state index < -0.39 is 35.4 Å². The van der Waals surface area contributed by atoms with Crippen LogP contribution in [0.5, 0.6) is 5.75 Å². The molecule has 2 heterocycles. The van der Waals surface area contributed by atoms with Gasteiger partial charge in [0.05, 0.1) is 23.8 Å². The number of carbonyl (C=O) groups is 1. The number of hydrogen-bond acceptors (Lipinski definition) is 7. The summed E-state index contributed by atoms with van der Waals surface area (Å²) >= 11 is 1.23. The summed E-state index contributed by atoms with van der Waals surface area (Å²) in [5.41, 5.74) is -1.12. The molecule has 0 spiro atoms. The first-order valence-electron chi connectivity index (χ1n) is 10.1. The van der Waals surface area contributed by atoms with E-state index in [1.54, 1.807) is 27.0 Å². The molecular weight excluding hydrogens is 476 g/mol. The van der Waals surface area contributed by atoms with Gasteiger partial charge in [-0.1, -0.05) is 0 Å². The molecule has 0 aliphatic heterocycles. The van der Waals surface area contributed by atoms with Gasteiger partial charge in [0.15, 0.2) is 0 Å². The van der Waals surface area contributed by atoms with Gasteiger partial charge in [-0.25, -0.2) is 19.3 Å². The number of benzene rings is 1. The number of ether oxygens (including phenoxy) is 1. The summed E-state index contributed by atoms with van der Waals surface area (Å²) in [4.78, 5) is 24.5. The molecule has 7 nitrogen and oxygen atoms in total. The molecule has 0 fully saturated rings. The minimum atomic E-state index is -4.69. The van der Waals surface area contributed by atoms with E-state index in [4.69, 9.17) is 4.74 Å². The Labute approximate surface area is 196 Å². The van der Waals surface area contributed by atoms with Crippen LogP contribution < -0.4 is 10.1 Å². The Morgan fingerprint density at radius 3 is 2.35 bits per heavy atom. The van der Waals surface area contributed by atoms with Gasteiger partial charge in [-0.15, -0.1) is 11.3 Å². The Morgan fingerprint density at radius 1 is 1.18 bits per heavy atom. The van der Waals surface area contributed by atoms with Gasteiger partial charge in [0.25, 0.3) is 5.91 Å². The molecule has 0 aliphatic rings. The lowest BCUT2D eigenvalue weighted by Crippen LogP contribution is -2.33. The first-order chi connectivity index (χ1) is 15.8. The van der Waals surface area contributed by atoms with Crippen LogP contribution in [0.4, 0.5) is 17.6 Å². The van der Waals surface area contributed by atoms with Gasteiger partial charge in [0, 0.05) is 29.0 Å². The summed E-state index contributed by atoms with van der Waals surface area (Å²) in [5.74, 6) is -2.83. The molecule has 182 valence electrons. The Hall–Kier alpha value is -3.12. The molecule has 0 saturated heterocycles. The average Bonchev–Trinajstić information content (AvgIpc) is 3.20. The third kappa shape index (κ3) is 5.86. The number of nitrogens with one attached hydrogen (secondary N) is 1. The van der Waals surface area contributed by atoms with Crippen LogP contribution in [-0.2, 0) is 6.18 Å². The van der Waals surface area contributed by atoms with Crippen LogP contribution in [0.1, 0.15) is 53.4 Å². The molecule has 1 unspecified atom stereocenters. The predicted molar refractivity (Wildman–Crippen MR) is 117 cm³/mol. The third-order valence-electron chi connectivity index (χ3n) is 4.69. The van der Waals surface area contributed by atoms with Crippen molar-refractivity contribution < 1.29 is 32.2 Å². The Morgan fingerprint density at radius 2 is 1.82 bits per heavy atom. The first kappa shape index (κ1) is 25.5. The molecule has 2 N–H and O–H groups in total. The maximum atomic E-state index is 15.4. The Balaban J connectivity index is 1.94. The zero-order valence-corrected chi connectivity index (χ0v) is 19.5. The van der Waals surface area contributed by atoms with Crippen molar-refractivity contribution in [2.24, 2.45) is 0 Å². The number of thiazole rings is 1. The van der Waals surface area contributed by atoms with Crippen molar-refractivity contribution in [1.82, 2.24) is 20.3 Å². The number of carbonyl (C=O) groups excluding carboxylic acids is 1. The van der Waals surface area contributed by atoms with Crippen LogP contribution in [0.15, 0.2) is 30.7 Å². The van der Waals surface area contributed by atoms with E-state index in [0.29, 0.717) is 5.01 Å². The van der Waals surface area contributed by atoms with E-state index in [2.05, 4.69) is 20.3 Å². The highest BCUT2D eigenvalue weighted by Crippen LogP contribution is 2.34. The quantitative estimate of drug-likeness (QED) is 0.458. The summed E-state index contributed by atoms with van der Waals surface area (Å²) in [5, 5.41) is 12.4. The first-order valence-corrected chi connectivity index (χ1v) is 10.9. The van der Waals surface area contributed by atoms with Gasteiger partial charge < -0.3 is 15.2 Å². The van der Waals surface area contributed by atoms with E-state index in [-0.39, 0.29) is 29.0 Å². The minimum absolute atomic E-state index is 0.0417. The second-order valence-electron chi connectivity index (χ2n) is 8.16. The smallest absolute Gasteiger partial charge is 0.451 e. The maximum Gasteiger partial charge on any atom is 0.451 e. The zero-order chi connectivity index (χ0) is 25.3. The Bertz CT molecular complexity index is 1180. The number of hydrogen-bond donors (Lipinski definition) is 2. The predicted octanol–water partition coefficient (Wildman–Crippen LogP) is 4.71. The van der Waals surface area contributed by atoms with Crippen LogP contribution in [-0.4, -0.2) is 38.2 Å². The molecule has 12 heteroatoms. The molecule has 2 aromatic heterocycles. The number of alkyl halides is 3. The number of aliphatic hydroxyl groups excluding tert-OH is 1. The lowest BCUT2D eigenvalue weighted by Gasteiger charge is -2.25. The van der Waals surface area contributed by atoms with E-state index in [1.807, 2.05) is 0 Å². The highest BCUT2D eigenvalue weighted by molar-refractivity contribution is 7.14. The van der Waals surface area contributed by atoms with Crippen LogP contribution in [0, 0.1) is 12.7 Å². The molecule has 34 heavy (non-hydrogen) atoms. The maximum absolute atomic E-state index is 15.4. The average molecular weight is 499 g/mol. The van der Waals surface area contributed by atoms with Crippen molar-refractivity contribution in [3.8, 4) is 16.3 Å². The highest BCUT2D eigenvalue weighted by Gasteiger charge is 2.34. The monoisotopic (exact) mass is 498 g/mol. The van der Waals surface area contributed by atoms with Crippen LogP contribution in [0.25, 0.3) is 10.6 Å². The van der Waals surface area contributed by atoms with Gasteiger partial charge in [-0.2, -0.15) is 13.2 Å². The lowest BCUT2D eigenvalue weighted by atomic mass is 10.1. The van der Waals surface area contributed by atoms with Crippen LogP contribution in [0.3, 0.4) is 0 Å². The number of amides is 1. The molecule has 1 amide bonds. The van der Waals surface area contributed by atoms with E-state index in [1.165, 1.54) is 30.4 Å². The van der Waals surface area contributed by atoms with Gasteiger partial charge in [0.1, 0.15) is 22.2 Å². The molecular formula is C22H22F4N4O3S. The van der Waals surface area contributed by atoms with Gasteiger partial charge in [-0.3, -0.25) is 4.79 Å². The van der Waals surface area contributed by atoms with E-state index in [0.717, 1.165) is 17.3 Å². The number of rotatable bonds is 7. The zero-order valence-electron chi connectivity index (χ0n) is 18.7. The Kier molecular flexibility index (Phi) is 7.22. The molecule has 0 saturated carbocycles. The van der Waals surface area contributed by atoms with Crippen LogP contribution in [0.2, 0.25) is 0 Å². The summed E-state index contributed by atoms with van der Waals surface area (Å²) in [6.45, 7) is 6.21. The van der Waals surface area contributed by atoms with Gasteiger partial charge in [0.2, 0.25) is 5.82 Å². The topological polar surface area (TPSA) is 97.2 Å². The molecule has 1 aromatic carbocycles. The third-order valence-corrected chi connectivity index (χ3v) is 5.64. The number of halogens is 4. The fourth-order valence-electron chi connectivity index (χ4n) is 2.87. The second-order valence-corrected chi connectivity index (χ2v) is 9.40. The lowest BCUT2D eigenvalue weighted by molar-refractivity contribution is -0.145. The van der Waals surface area contributed by atoms with Crippen molar-refractivity contribution in [2.45, 2.75) is 45.5 Å². The highest BCUT2D eigenvalue weighted by atomic mass is 32.1. The molecule has 3 rings (SSSR count). The molecule has 3 aromatic rings. The van der Waals surface area contributed by atoms with E-state index in [9.17, 15) is 23.1 Å². The van der Waals surface area contributed by atoms with Gasteiger partial charge in [-0.05, 0) is 39.8 Å². The summed E-state index contributed by atoms with van der Waals surface area (Å²) in [6, 6.07) is 1.77. The van der Waals surface area contributed by atoms with Crippen molar-refractivity contribution in [3.63, 3.8) is 0 Å². The van der Waals surface area contributed by atoms with Crippen molar-refractivity contribution in [3.05, 3.63) is 58.4 Å². The fraction of sp³-hybridized carbons (Fsp3) is 0.364. The number of aryl methyl sites for hydroxylation is 1. The standard InChI is InChI=1S/C22H22F4N4O3S/c1-11-7-27-19(34-11)16-6-14(33-21(3,4)10-31)5-15(17(16)23)18(32)30-12(2)13-8-28-20(29-9-13)22(24,25)26/h5-9,12,31H,10H2,1-4H3,(H,30,32). The molecule has 0 aliphatic carbocycles. The number of aromatic nitrogens is 3. The normalized spacial score (nSPS) is 13.0. The summed E-state index contributed by atoms with van der Waals surface area (Å²) < 4.78 is 59.2. The number of nitrogens with zero attached hydrogens (tertiary/aromatic N) is 3. The largest absolute Gasteiger partial charge is 0.485 e. The molecule has 0 radical (unpaired) electrons. The summed E-state index contributed by atoms with van der Waals surface area (Å²) in [6.07, 6.45) is -1.23. The van der Waals surface area contributed by atoms with Gasteiger partial charge >= 0.3 is 6.18 Å². The minimum Gasteiger partial charge on any atom is -0.485 e. The number of aliphatic hydroxyl groups is 1. The van der Waals surface area contributed by atoms with Crippen molar-refractivity contribution in [1.29, 1.82) is 0 Å². The van der Waals surface area contributed by atoms with Crippen molar-refractivity contribution >= 4 is 17.2 Å². The van der Waals surface area contributed by atoms with Crippen molar-refractivity contribution in [2.75, 3.05) is 6.61 Å². The van der Waals surface area contributed by atoms with Crippen LogP contribution >= 0.6 is 11.3 Å². The molecule has 0 bridgehead atoms. The summed E-state index contributed by atoms with van der Waals surface area (Å²) in [7, 11) is 0.